The van der Waals surface area contributed by atoms with Crippen LogP contribution in [-0.2, 0) is 0 Å². The molecule has 0 saturated carbocycles. The van der Waals surface area contributed by atoms with Crippen LogP contribution in [0.4, 0.5) is 0 Å². The zero-order valence-corrected chi connectivity index (χ0v) is 14.2. The van der Waals surface area contributed by atoms with Crippen LogP contribution in [0.1, 0.15) is 0 Å². The number of hydrogen-bond donors (Lipinski definition) is 0. The molecule has 4 nitrogen and oxygen atoms in total. The minimum Gasteiger partial charge on any atom is -0.131 e. The standard InChI is InChI=1S/C5H8Cl8N4/c6-14(7)1-5(2-15(8)9,3-16(10)11)4-17(12)13/h1-4H2. The van der Waals surface area contributed by atoms with Crippen LogP contribution in [0.5, 0.6) is 0 Å². The lowest BCUT2D eigenvalue weighted by atomic mass is 9.88. The van der Waals surface area contributed by atoms with E-state index in [9.17, 15) is 0 Å². The topological polar surface area (TPSA) is 13.0 Å². The van der Waals surface area contributed by atoms with Gasteiger partial charge in [-0.3, -0.25) is 0 Å². The predicted molar refractivity (Wildman–Crippen MR) is 76.1 cm³/mol. The highest BCUT2D eigenvalue weighted by molar-refractivity contribution is 6.35. The van der Waals surface area contributed by atoms with Gasteiger partial charge in [0.1, 0.15) is 0 Å². The van der Waals surface area contributed by atoms with Gasteiger partial charge in [0.25, 0.3) is 0 Å². The van der Waals surface area contributed by atoms with Crippen LogP contribution in [0.25, 0.3) is 0 Å². The van der Waals surface area contributed by atoms with E-state index in [4.69, 9.17) is 94.2 Å². The Morgan fingerprint density at radius 1 is 0.471 bits per heavy atom. The van der Waals surface area contributed by atoms with Gasteiger partial charge in [0.05, 0.1) is 0 Å². The van der Waals surface area contributed by atoms with Gasteiger partial charge in [-0.25, -0.2) is 0 Å². The molecule has 0 unspecified atom stereocenters. The van der Waals surface area contributed by atoms with Crippen LogP contribution in [0, 0.1) is 5.41 Å². The summed E-state index contributed by atoms with van der Waals surface area (Å²) in [5, 5.41) is 0. The lowest BCUT2D eigenvalue weighted by Gasteiger charge is -2.36. The minimum absolute atomic E-state index is 0.137. The lowest BCUT2D eigenvalue weighted by molar-refractivity contribution is 0.195. The molecule has 0 fully saturated rings. The highest BCUT2D eigenvalue weighted by atomic mass is 35.6. The zero-order chi connectivity index (χ0) is 13.6. The minimum atomic E-state index is -0.764. The molecular weight excluding hydrogens is 400 g/mol. The molecule has 0 atom stereocenters. The molecule has 0 bridgehead atoms. The average Bonchev–Trinajstić information content (AvgIpc) is 1.95. The summed E-state index contributed by atoms with van der Waals surface area (Å²) in [5.41, 5.74) is -0.764. The first-order chi connectivity index (χ1) is 7.67. The Hall–Kier alpha value is 2.16. The van der Waals surface area contributed by atoms with Crippen molar-refractivity contribution in [1.29, 1.82) is 0 Å². The van der Waals surface area contributed by atoms with Crippen molar-refractivity contribution in [3.05, 3.63) is 0 Å². The van der Waals surface area contributed by atoms with E-state index in [0.29, 0.717) is 0 Å². The summed E-state index contributed by atoms with van der Waals surface area (Å²) in [4.78, 5) is 0. The van der Waals surface area contributed by atoms with Crippen molar-refractivity contribution in [3.63, 3.8) is 0 Å². The Kier molecular flexibility index (Phi) is 10.3. The smallest absolute Gasteiger partial charge is 0.0400 e. The Morgan fingerprint density at radius 2 is 0.647 bits per heavy atom. The van der Waals surface area contributed by atoms with E-state index in [0.717, 1.165) is 15.8 Å². The van der Waals surface area contributed by atoms with E-state index in [1.54, 1.807) is 0 Å². The van der Waals surface area contributed by atoms with Crippen molar-refractivity contribution < 1.29 is 0 Å². The molecule has 0 radical (unpaired) electrons. The van der Waals surface area contributed by atoms with Gasteiger partial charge in [-0.05, 0) is 94.2 Å². The van der Waals surface area contributed by atoms with Crippen molar-refractivity contribution in [3.8, 4) is 0 Å². The summed E-state index contributed by atoms with van der Waals surface area (Å²) in [7, 11) is 0. The quantitative estimate of drug-likeness (QED) is 0.552. The van der Waals surface area contributed by atoms with E-state index in [2.05, 4.69) is 0 Å². The molecule has 104 valence electrons. The average molecular weight is 408 g/mol. The van der Waals surface area contributed by atoms with Crippen molar-refractivity contribution in [2.24, 2.45) is 5.41 Å². The highest BCUT2D eigenvalue weighted by Crippen LogP contribution is 2.30. The van der Waals surface area contributed by atoms with Crippen molar-refractivity contribution >= 4 is 94.2 Å². The van der Waals surface area contributed by atoms with Gasteiger partial charge in [-0.15, -0.1) is 15.8 Å². The fourth-order valence-electron chi connectivity index (χ4n) is 1.31. The fourth-order valence-corrected chi connectivity index (χ4v) is 3.34. The van der Waals surface area contributed by atoms with E-state index in [1.165, 1.54) is 0 Å². The summed E-state index contributed by atoms with van der Waals surface area (Å²) in [6.07, 6.45) is 0. The molecular formula is C5H8Cl8N4. The second kappa shape index (κ2) is 9.16. The number of rotatable bonds is 8. The van der Waals surface area contributed by atoms with Crippen molar-refractivity contribution in [2.75, 3.05) is 26.2 Å². The Balaban J connectivity index is 4.89. The van der Waals surface area contributed by atoms with E-state index in [-0.39, 0.29) is 26.2 Å². The van der Waals surface area contributed by atoms with Crippen molar-refractivity contribution in [2.45, 2.75) is 0 Å². The van der Waals surface area contributed by atoms with Gasteiger partial charge >= 0.3 is 0 Å². The summed E-state index contributed by atoms with van der Waals surface area (Å²) in [6.45, 7) is 0.547. The molecule has 0 saturated heterocycles. The predicted octanol–water partition coefficient (Wildman–Crippen LogP) is 4.41. The molecule has 17 heavy (non-hydrogen) atoms. The Labute approximate surface area is 141 Å². The maximum Gasteiger partial charge on any atom is 0.0400 e. The molecule has 0 aliphatic rings. The second-order valence-electron chi connectivity index (χ2n) is 3.34. The number of nitrogens with zero attached hydrogens (tertiary/aromatic N) is 4. The molecule has 0 rings (SSSR count). The van der Waals surface area contributed by atoms with Crippen LogP contribution in [0.15, 0.2) is 0 Å². The van der Waals surface area contributed by atoms with Gasteiger partial charge in [0.2, 0.25) is 0 Å². The normalized spacial score (nSPS) is 13.4. The van der Waals surface area contributed by atoms with Gasteiger partial charge < -0.3 is 0 Å². The zero-order valence-electron chi connectivity index (χ0n) is 8.14. The van der Waals surface area contributed by atoms with Gasteiger partial charge in [-0.1, -0.05) is 0 Å². The second-order valence-corrected chi connectivity index (χ2v) is 7.30. The molecule has 0 aliphatic heterocycles. The molecule has 12 heteroatoms. The molecule has 0 aliphatic carbocycles. The summed E-state index contributed by atoms with van der Waals surface area (Å²) in [5.74, 6) is 0. The molecule has 0 aromatic heterocycles. The van der Waals surface area contributed by atoms with E-state index < -0.39 is 5.41 Å². The maximum absolute atomic E-state index is 5.60. The van der Waals surface area contributed by atoms with Gasteiger partial charge in [0.15, 0.2) is 0 Å². The molecule has 0 heterocycles. The monoisotopic (exact) mass is 404 g/mol. The molecule has 0 aromatic rings. The first kappa shape index (κ1) is 19.2. The third kappa shape index (κ3) is 9.66. The third-order valence-corrected chi connectivity index (χ3v) is 2.78. The number of hydrogen-bond acceptors (Lipinski definition) is 4. The van der Waals surface area contributed by atoms with Crippen LogP contribution in [0.2, 0.25) is 0 Å². The SMILES string of the molecule is ClN(Cl)CC(CN(Cl)Cl)(CN(Cl)Cl)CN(Cl)Cl. The maximum atomic E-state index is 5.60. The molecule has 0 aromatic carbocycles. The fraction of sp³-hybridized carbons (Fsp3) is 1.00. The van der Waals surface area contributed by atoms with Gasteiger partial charge in [-0.2, -0.15) is 0 Å². The van der Waals surface area contributed by atoms with E-state index >= 15 is 0 Å². The molecule has 0 amide bonds. The van der Waals surface area contributed by atoms with E-state index in [1.807, 2.05) is 0 Å². The summed E-state index contributed by atoms with van der Waals surface area (Å²) >= 11 is 44.8. The van der Waals surface area contributed by atoms with Crippen molar-refractivity contribution in [1.82, 2.24) is 15.8 Å². The molecule has 0 spiro atoms. The lowest BCUT2D eigenvalue weighted by Crippen LogP contribution is -2.47. The van der Waals surface area contributed by atoms with Gasteiger partial charge in [0, 0.05) is 31.6 Å². The highest BCUT2D eigenvalue weighted by Gasteiger charge is 2.37. The Morgan fingerprint density at radius 3 is 0.765 bits per heavy atom. The van der Waals surface area contributed by atoms with Crippen LogP contribution >= 0.6 is 94.2 Å². The van der Waals surface area contributed by atoms with Crippen LogP contribution in [-0.4, -0.2) is 41.9 Å². The first-order valence-electron chi connectivity index (χ1n) is 4.03. The van der Waals surface area contributed by atoms with Crippen LogP contribution in [0.3, 0.4) is 0 Å². The Bertz CT molecular complexity index is 167. The third-order valence-electron chi connectivity index (χ3n) is 1.82. The largest absolute Gasteiger partial charge is 0.131 e. The number of halogens is 8. The summed E-state index contributed by atoms with van der Waals surface area (Å²) in [6, 6.07) is 0. The summed E-state index contributed by atoms with van der Waals surface area (Å²) < 4.78 is 3.58. The van der Waals surface area contributed by atoms with Crippen LogP contribution < -0.4 is 0 Å². The molecule has 0 N–H and O–H groups in total. The first-order valence-corrected chi connectivity index (χ1v) is 6.74.